The Morgan fingerprint density at radius 3 is 2.65 bits per heavy atom. The van der Waals surface area contributed by atoms with Crippen LogP contribution in [-0.4, -0.2) is 29.0 Å². The molecule has 6 nitrogen and oxygen atoms in total. The standard InChI is InChI=1S/C13H21N3O3S/c1-13(2,3)19-12(18)16(7-6-11(17)15-14)9-10-5-4-8-20-10/h4-5,8H,6-7,9,14H2,1-3H3,(H,15,17). The number of hydrogen-bond donors (Lipinski definition) is 2. The van der Waals surface area contributed by atoms with Gasteiger partial charge in [0.05, 0.1) is 6.54 Å². The van der Waals surface area contributed by atoms with E-state index in [1.54, 1.807) is 32.1 Å². The molecule has 7 heteroatoms. The number of carbonyl (C=O) groups excluding carboxylic acids is 2. The second-order valence-corrected chi connectivity index (χ2v) is 6.33. The predicted octanol–water partition coefficient (Wildman–Crippen LogP) is 1.87. The van der Waals surface area contributed by atoms with Crippen LogP contribution in [-0.2, 0) is 16.1 Å². The van der Waals surface area contributed by atoms with Gasteiger partial charge in [0.25, 0.3) is 0 Å². The number of amides is 2. The van der Waals surface area contributed by atoms with Gasteiger partial charge < -0.3 is 9.64 Å². The van der Waals surface area contributed by atoms with Crippen molar-refractivity contribution < 1.29 is 14.3 Å². The lowest BCUT2D eigenvalue weighted by molar-refractivity contribution is -0.121. The Morgan fingerprint density at radius 1 is 1.45 bits per heavy atom. The van der Waals surface area contributed by atoms with Gasteiger partial charge in [-0.2, -0.15) is 0 Å². The van der Waals surface area contributed by atoms with Crippen LogP contribution >= 0.6 is 11.3 Å². The van der Waals surface area contributed by atoms with Gasteiger partial charge in [-0.15, -0.1) is 11.3 Å². The second-order valence-electron chi connectivity index (χ2n) is 5.30. The molecule has 3 N–H and O–H groups in total. The van der Waals surface area contributed by atoms with Crippen molar-refractivity contribution in [2.45, 2.75) is 39.3 Å². The van der Waals surface area contributed by atoms with Gasteiger partial charge in [0.15, 0.2) is 0 Å². The molecule has 0 saturated heterocycles. The molecule has 1 rings (SSSR count). The maximum Gasteiger partial charge on any atom is 0.410 e. The number of nitrogens with one attached hydrogen (secondary N) is 1. The monoisotopic (exact) mass is 299 g/mol. The summed E-state index contributed by atoms with van der Waals surface area (Å²) in [6, 6.07) is 3.85. The normalized spacial score (nSPS) is 11.0. The maximum atomic E-state index is 12.1. The van der Waals surface area contributed by atoms with Crippen molar-refractivity contribution >= 4 is 23.3 Å². The number of nitrogens with zero attached hydrogens (tertiary/aromatic N) is 1. The lowest BCUT2D eigenvalue weighted by Crippen LogP contribution is -2.39. The van der Waals surface area contributed by atoms with Gasteiger partial charge in [-0.05, 0) is 32.2 Å². The van der Waals surface area contributed by atoms with Crippen LogP contribution in [0.25, 0.3) is 0 Å². The molecule has 112 valence electrons. The SMILES string of the molecule is CC(C)(C)OC(=O)N(CCC(=O)NN)Cc1cccs1. The molecule has 0 bridgehead atoms. The van der Waals surface area contributed by atoms with Crippen molar-refractivity contribution in [2.24, 2.45) is 5.84 Å². The molecule has 0 unspecified atom stereocenters. The van der Waals surface area contributed by atoms with E-state index in [0.29, 0.717) is 6.54 Å². The maximum absolute atomic E-state index is 12.1. The highest BCUT2D eigenvalue weighted by atomic mass is 32.1. The first-order chi connectivity index (χ1) is 9.31. The van der Waals surface area contributed by atoms with E-state index < -0.39 is 11.7 Å². The lowest BCUT2D eigenvalue weighted by Gasteiger charge is -2.27. The van der Waals surface area contributed by atoms with E-state index in [2.05, 4.69) is 5.43 Å². The third-order valence-electron chi connectivity index (χ3n) is 2.35. The van der Waals surface area contributed by atoms with Gasteiger partial charge in [-0.25, -0.2) is 10.6 Å². The molecule has 0 fully saturated rings. The summed E-state index contributed by atoms with van der Waals surface area (Å²) < 4.78 is 5.34. The minimum atomic E-state index is -0.569. The smallest absolute Gasteiger partial charge is 0.410 e. The van der Waals surface area contributed by atoms with Gasteiger partial charge >= 0.3 is 6.09 Å². The van der Waals surface area contributed by atoms with Crippen molar-refractivity contribution in [3.8, 4) is 0 Å². The van der Waals surface area contributed by atoms with Crippen molar-refractivity contribution in [3.05, 3.63) is 22.4 Å². The lowest BCUT2D eigenvalue weighted by atomic mass is 10.2. The predicted molar refractivity (Wildman–Crippen MR) is 77.9 cm³/mol. The van der Waals surface area contributed by atoms with Gasteiger partial charge in [0, 0.05) is 17.8 Å². The van der Waals surface area contributed by atoms with Crippen molar-refractivity contribution in [1.29, 1.82) is 0 Å². The number of hydrogen-bond acceptors (Lipinski definition) is 5. The third kappa shape index (κ3) is 6.03. The summed E-state index contributed by atoms with van der Waals surface area (Å²) in [6.45, 7) is 6.10. The Labute approximate surface area is 122 Å². The highest BCUT2D eigenvalue weighted by molar-refractivity contribution is 7.09. The topological polar surface area (TPSA) is 84.7 Å². The Morgan fingerprint density at radius 2 is 2.15 bits per heavy atom. The van der Waals surface area contributed by atoms with Gasteiger partial charge in [0.2, 0.25) is 5.91 Å². The van der Waals surface area contributed by atoms with Gasteiger partial charge in [0.1, 0.15) is 5.60 Å². The number of hydrazine groups is 1. The van der Waals surface area contributed by atoms with Crippen LogP contribution in [0.3, 0.4) is 0 Å². The molecule has 0 aliphatic rings. The number of nitrogens with two attached hydrogens (primary N) is 1. The number of carbonyl (C=O) groups is 2. The van der Waals surface area contributed by atoms with Crippen LogP contribution in [0.5, 0.6) is 0 Å². The number of thiophene rings is 1. The van der Waals surface area contributed by atoms with Crippen LogP contribution in [0.4, 0.5) is 4.79 Å². The van der Waals surface area contributed by atoms with E-state index in [1.807, 2.05) is 17.5 Å². The first kappa shape index (κ1) is 16.5. The van der Waals surface area contributed by atoms with Crippen molar-refractivity contribution in [3.63, 3.8) is 0 Å². The molecule has 0 atom stereocenters. The molecule has 0 aliphatic carbocycles. The summed E-state index contributed by atoms with van der Waals surface area (Å²) in [5.74, 6) is 4.72. The summed E-state index contributed by atoms with van der Waals surface area (Å²) >= 11 is 1.55. The molecule has 0 aliphatic heterocycles. The molecule has 2 amide bonds. The number of rotatable bonds is 5. The molecule has 0 aromatic carbocycles. The Bertz CT molecular complexity index is 440. The zero-order valence-corrected chi connectivity index (χ0v) is 12.8. The molecular formula is C13H21N3O3S. The Hall–Kier alpha value is -1.60. The summed E-state index contributed by atoms with van der Waals surface area (Å²) in [5, 5.41) is 1.94. The first-order valence-corrected chi connectivity index (χ1v) is 7.19. The average Bonchev–Trinajstić information content (AvgIpc) is 2.84. The van der Waals surface area contributed by atoms with E-state index in [4.69, 9.17) is 10.6 Å². The molecule has 1 aromatic heterocycles. The van der Waals surface area contributed by atoms with Crippen LogP contribution in [0.1, 0.15) is 32.1 Å². The van der Waals surface area contributed by atoms with E-state index in [-0.39, 0.29) is 18.9 Å². The third-order valence-corrected chi connectivity index (χ3v) is 3.21. The molecular weight excluding hydrogens is 278 g/mol. The van der Waals surface area contributed by atoms with E-state index in [0.717, 1.165) is 4.88 Å². The number of ether oxygens (including phenoxy) is 1. The fourth-order valence-corrected chi connectivity index (χ4v) is 2.18. The Kier molecular flexibility index (Phi) is 5.97. The second kappa shape index (κ2) is 7.25. The van der Waals surface area contributed by atoms with Crippen LogP contribution in [0.2, 0.25) is 0 Å². The summed E-state index contributed by atoms with van der Waals surface area (Å²) in [5.41, 5.74) is 1.48. The summed E-state index contributed by atoms with van der Waals surface area (Å²) in [6.07, 6.45) is -0.295. The van der Waals surface area contributed by atoms with Gasteiger partial charge in [-0.1, -0.05) is 6.07 Å². The van der Waals surface area contributed by atoms with E-state index in [9.17, 15) is 9.59 Å². The van der Waals surface area contributed by atoms with Crippen molar-refractivity contribution in [1.82, 2.24) is 10.3 Å². The minimum absolute atomic E-state index is 0.140. The average molecular weight is 299 g/mol. The molecule has 0 radical (unpaired) electrons. The molecule has 1 heterocycles. The van der Waals surface area contributed by atoms with Crippen molar-refractivity contribution in [2.75, 3.05) is 6.54 Å². The van der Waals surface area contributed by atoms with Crippen LogP contribution in [0.15, 0.2) is 17.5 Å². The fraction of sp³-hybridized carbons (Fsp3) is 0.538. The quantitative estimate of drug-likeness (QED) is 0.494. The highest BCUT2D eigenvalue weighted by Crippen LogP contribution is 2.16. The zero-order valence-electron chi connectivity index (χ0n) is 12.0. The molecule has 0 spiro atoms. The van der Waals surface area contributed by atoms with Gasteiger partial charge in [-0.3, -0.25) is 10.2 Å². The largest absolute Gasteiger partial charge is 0.444 e. The summed E-state index contributed by atoms with van der Waals surface area (Å²) in [4.78, 5) is 25.9. The summed E-state index contributed by atoms with van der Waals surface area (Å²) in [7, 11) is 0. The highest BCUT2D eigenvalue weighted by Gasteiger charge is 2.23. The van der Waals surface area contributed by atoms with E-state index in [1.165, 1.54) is 4.90 Å². The molecule has 0 saturated carbocycles. The molecule has 1 aromatic rings. The first-order valence-electron chi connectivity index (χ1n) is 6.31. The van der Waals surface area contributed by atoms with Crippen LogP contribution < -0.4 is 11.3 Å². The zero-order chi connectivity index (χ0) is 15.2. The fourth-order valence-electron chi connectivity index (χ4n) is 1.46. The Balaban J connectivity index is 2.67. The van der Waals surface area contributed by atoms with E-state index >= 15 is 0 Å². The minimum Gasteiger partial charge on any atom is -0.444 e. The molecule has 20 heavy (non-hydrogen) atoms. The van der Waals surface area contributed by atoms with Crippen LogP contribution in [0, 0.1) is 0 Å².